The van der Waals surface area contributed by atoms with E-state index in [1.165, 1.54) is 0 Å². The zero-order valence-electron chi connectivity index (χ0n) is 11.4. The number of ether oxygens (including phenoxy) is 1. The van der Waals surface area contributed by atoms with Gasteiger partial charge in [-0.15, -0.1) is 0 Å². The molecule has 1 aliphatic rings. The molecule has 1 aliphatic heterocycles. The van der Waals surface area contributed by atoms with Crippen molar-refractivity contribution in [2.45, 2.75) is 26.8 Å². The summed E-state index contributed by atoms with van der Waals surface area (Å²) < 4.78 is 5.67. The van der Waals surface area contributed by atoms with Crippen LogP contribution < -0.4 is 0 Å². The second-order valence-electron chi connectivity index (χ2n) is 5.87. The molecule has 0 radical (unpaired) electrons. The average Bonchev–Trinajstić information content (AvgIpc) is 2.87. The maximum absolute atomic E-state index is 5.67. The summed E-state index contributed by atoms with van der Waals surface area (Å²) >= 11 is 0. The van der Waals surface area contributed by atoms with E-state index < -0.39 is 0 Å². The summed E-state index contributed by atoms with van der Waals surface area (Å²) in [5, 5.41) is 0. The molecule has 1 aromatic heterocycles. The summed E-state index contributed by atoms with van der Waals surface area (Å²) in [6.45, 7) is 7.12. The monoisotopic (exact) mass is 255 g/mol. The number of nitrogens with zero attached hydrogens (tertiary/aromatic N) is 3. The molecule has 0 spiro atoms. The summed E-state index contributed by atoms with van der Waals surface area (Å²) in [7, 11) is 0. The maximum Gasteiger partial charge on any atom is 0.237 e. The zero-order chi connectivity index (χ0) is 13.5. The first-order chi connectivity index (χ1) is 9.04. The van der Waals surface area contributed by atoms with Crippen molar-refractivity contribution < 1.29 is 4.74 Å². The number of fused-ring (bicyclic) bond motifs is 1. The summed E-state index contributed by atoms with van der Waals surface area (Å²) in [5.41, 5.74) is 2.57. The minimum atomic E-state index is 0.103. The minimum Gasteiger partial charge on any atom is -0.474 e. The third kappa shape index (κ3) is 2.30. The molecule has 4 heteroatoms. The average molecular weight is 255 g/mol. The number of rotatable bonds is 1. The van der Waals surface area contributed by atoms with Crippen molar-refractivity contribution in [3.63, 3.8) is 0 Å². The lowest BCUT2D eigenvalue weighted by molar-refractivity contribution is 0.235. The van der Waals surface area contributed by atoms with Crippen LogP contribution in [0.1, 0.15) is 26.5 Å². The Morgan fingerprint density at radius 3 is 2.58 bits per heavy atom. The summed E-state index contributed by atoms with van der Waals surface area (Å²) in [6.07, 6.45) is 1.73. The molecule has 3 rings (SSSR count). The van der Waals surface area contributed by atoms with Crippen LogP contribution in [0.15, 0.2) is 35.5 Å². The molecule has 2 aromatic rings. The van der Waals surface area contributed by atoms with E-state index >= 15 is 0 Å². The van der Waals surface area contributed by atoms with Gasteiger partial charge in [0, 0.05) is 0 Å². The van der Waals surface area contributed by atoms with E-state index in [2.05, 4.69) is 35.7 Å². The highest BCUT2D eigenvalue weighted by Crippen LogP contribution is 2.27. The normalized spacial score (nSPS) is 19.3. The first-order valence-electron chi connectivity index (χ1n) is 6.47. The molecule has 0 fully saturated rings. The Morgan fingerprint density at radius 2 is 1.89 bits per heavy atom. The highest BCUT2D eigenvalue weighted by atomic mass is 16.5. The van der Waals surface area contributed by atoms with Crippen LogP contribution in [-0.4, -0.2) is 28.5 Å². The van der Waals surface area contributed by atoms with E-state index in [9.17, 15) is 0 Å². The number of hydrogen-bond donors (Lipinski definition) is 0. The van der Waals surface area contributed by atoms with Crippen LogP contribution in [0, 0.1) is 5.41 Å². The molecule has 98 valence electrons. The molecule has 0 saturated carbocycles. The Balaban J connectivity index is 1.97. The van der Waals surface area contributed by atoms with E-state index in [0.717, 1.165) is 11.0 Å². The Morgan fingerprint density at radius 1 is 1.16 bits per heavy atom. The van der Waals surface area contributed by atoms with E-state index in [1.807, 2.05) is 24.3 Å². The van der Waals surface area contributed by atoms with Gasteiger partial charge in [-0.1, -0.05) is 32.9 Å². The van der Waals surface area contributed by atoms with Crippen molar-refractivity contribution in [1.29, 1.82) is 0 Å². The molecule has 1 unspecified atom stereocenters. The van der Waals surface area contributed by atoms with Gasteiger partial charge in [0.25, 0.3) is 0 Å². The van der Waals surface area contributed by atoms with Gasteiger partial charge >= 0.3 is 0 Å². The third-order valence-electron chi connectivity index (χ3n) is 3.32. The summed E-state index contributed by atoms with van der Waals surface area (Å²) in [6, 6.07) is 7.98. The fraction of sp³-hybridized carbons (Fsp3) is 0.400. The third-order valence-corrected chi connectivity index (χ3v) is 3.32. The van der Waals surface area contributed by atoms with Crippen LogP contribution in [0.2, 0.25) is 0 Å². The Bertz CT molecular complexity index is 643. The number of hydrogen-bond acceptors (Lipinski definition) is 4. The highest BCUT2D eigenvalue weighted by Gasteiger charge is 2.31. The Hall–Kier alpha value is -1.97. The topological polar surface area (TPSA) is 47.4 Å². The first-order valence-corrected chi connectivity index (χ1v) is 6.47. The largest absolute Gasteiger partial charge is 0.474 e. The first kappa shape index (κ1) is 12.1. The number of aliphatic imine (C=N–C) groups is 1. The van der Waals surface area contributed by atoms with Crippen molar-refractivity contribution in [3.05, 3.63) is 36.2 Å². The van der Waals surface area contributed by atoms with Gasteiger partial charge < -0.3 is 4.74 Å². The van der Waals surface area contributed by atoms with Gasteiger partial charge in [-0.2, -0.15) is 0 Å². The molecule has 2 heterocycles. The predicted octanol–water partition coefficient (Wildman–Crippen LogP) is 2.82. The highest BCUT2D eigenvalue weighted by molar-refractivity contribution is 5.94. The second-order valence-corrected chi connectivity index (χ2v) is 5.87. The van der Waals surface area contributed by atoms with Crippen molar-refractivity contribution in [2.24, 2.45) is 10.4 Å². The molecular formula is C15H17N3O. The van der Waals surface area contributed by atoms with Gasteiger partial charge in [-0.3, -0.25) is 4.98 Å². The van der Waals surface area contributed by atoms with Gasteiger partial charge in [-0.05, 0) is 17.5 Å². The van der Waals surface area contributed by atoms with Gasteiger partial charge in [0.2, 0.25) is 5.90 Å². The Kier molecular flexibility index (Phi) is 2.73. The molecule has 1 atom stereocenters. The van der Waals surface area contributed by atoms with Crippen molar-refractivity contribution in [1.82, 2.24) is 9.97 Å². The van der Waals surface area contributed by atoms with Crippen LogP contribution in [0.3, 0.4) is 0 Å². The quantitative estimate of drug-likeness (QED) is 0.787. The van der Waals surface area contributed by atoms with Crippen LogP contribution >= 0.6 is 0 Å². The molecular weight excluding hydrogens is 238 g/mol. The van der Waals surface area contributed by atoms with E-state index in [4.69, 9.17) is 4.74 Å². The lowest BCUT2D eigenvalue weighted by atomic mass is 9.88. The van der Waals surface area contributed by atoms with Crippen LogP contribution in [-0.2, 0) is 4.74 Å². The number of benzene rings is 1. The molecule has 19 heavy (non-hydrogen) atoms. The lowest BCUT2D eigenvalue weighted by Gasteiger charge is -2.21. The molecule has 0 N–H and O–H groups in total. The predicted molar refractivity (Wildman–Crippen MR) is 75.3 cm³/mol. The minimum absolute atomic E-state index is 0.103. The smallest absolute Gasteiger partial charge is 0.237 e. The molecule has 0 amide bonds. The Labute approximate surface area is 112 Å². The summed E-state index contributed by atoms with van der Waals surface area (Å²) in [5.74, 6) is 0.609. The number of para-hydroxylation sites is 2. The SMILES string of the molecule is CC(C)(C)C1COC(c2cnc3ccccc3n2)=N1. The van der Waals surface area contributed by atoms with Crippen LogP contribution in [0.25, 0.3) is 11.0 Å². The maximum atomic E-state index is 5.67. The standard InChI is InChI=1S/C15H17N3O/c1-15(2,3)13-9-19-14(18-13)12-8-16-10-6-4-5-7-11(10)17-12/h4-8,13H,9H2,1-3H3. The van der Waals surface area contributed by atoms with Crippen LogP contribution in [0.4, 0.5) is 0 Å². The van der Waals surface area contributed by atoms with Crippen molar-refractivity contribution in [3.8, 4) is 0 Å². The second kappa shape index (κ2) is 4.30. The molecule has 0 bridgehead atoms. The molecule has 4 nitrogen and oxygen atoms in total. The van der Waals surface area contributed by atoms with Gasteiger partial charge in [0.1, 0.15) is 12.3 Å². The van der Waals surface area contributed by atoms with Crippen molar-refractivity contribution in [2.75, 3.05) is 6.61 Å². The fourth-order valence-electron chi connectivity index (χ4n) is 2.02. The van der Waals surface area contributed by atoms with E-state index in [-0.39, 0.29) is 11.5 Å². The zero-order valence-corrected chi connectivity index (χ0v) is 11.4. The van der Waals surface area contributed by atoms with Gasteiger partial charge in [0.05, 0.1) is 23.3 Å². The summed E-state index contributed by atoms with van der Waals surface area (Å²) in [4.78, 5) is 13.6. The molecule has 0 aliphatic carbocycles. The van der Waals surface area contributed by atoms with Gasteiger partial charge in [0.15, 0.2) is 0 Å². The number of aromatic nitrogens is 2. The van der Waals surface area contributed by atoms with E-state index in [0.29, 0.717) is 18.2 Å². The van der Waals surface area contributed by atoms with Crippen LogP contribution in [0.5, 0.6) is 0 Å². The lowest BCUT2D eigenvalue weighted by Crippen LogP contribution is -2.25. The van der Waals surface area contributed by atoms with Gasteiger partial charge in [-0.25, -0.2) is 9.98 Å². The molecule has 1 aromatic carbocycles. The van der Waals surface area contributed by atoms with E-state index in [1.54, 1.807) is 6.20 Å². The fourth-order valence-corrected chi connectivity index (χ4v) is 2.02. The molecule has 0 saturated heterocycles. The van der Waals surface area contributed by atoms with Crippen molar-refractivity contribution >= 4 is 16.9 Å².